The molecular formula is C21H19N3O2S2. The van der Waals surface area contributed by atoms with Crippen molar-refractivity contribution in [1.29, 1.82) is 0 Å². The van der Waals surface area contributed by atoms with Gasteiger partial charge in [0.25, 0.3) is 5.22 Å². The van der Waals surface area contributed by atoms with Crippen LogP contribution in [0.4, 0.5) is 0 Å². The molecule has 2 aromatic carbocycles. The molecule has 1 fully saturated rings. The third kappa shape index (κ3) is 3.52. The lowest BCUT2D eigenvalue weighted by molar-refractivity contribution is -0.129. The Balaban J connectivity index is 1.24. The summed E-state index contributed by atoms with van der Waals surface area (Å²) in [5.74, 6) is 0.807. The van der Waals surface area contributed by atoms with Gasteiger partial charge in [0.15, 0.2) is 5.58 Å². The van der Waals surface area contributed by atoms with Crippen LogP contribution in [0.15, 0.2) is 58.2 Å². The fraction of sp³-hybridized carbons (Fsp3) is 0.286. The Morgan fingerprint density at radius 3 is 2.82 bits per heavy atom. The maximum Gasteiger partial charge on any atom is 0.257 e. The van der Waals surface area contributed by atoms with Crippen LogP contribution in [0.1, 0.15) is 23.8 Å². The largest absolute Gasteiger partial charge is 0.431 e. The third-order valence-corrected chi connectivity index (χ3v) is 7.04. The number of rotatable bonds is 4. The molecule has 0 spiro atoms. The number of fused-ring (bicyclic) bond motifs is 2. The van der Waals surface area contributed by atoms with Gasteiger partial charge >= 0.3 is 0 Å². The normalized spacial score (nSPS) is 17.4. The Kier molecular flexibility index (Phi) is 4.78. The number of piperidine rings is 1. The molecule has 0 N–H and O–H groups in total. The first-order valence-corrected chi connectivity index (χ1v) is 11.2. The molecule has 0 bridgehead atoms. The van der Waals surface area contributed by atoms with Gasteiger partial charge in [-0.1, -0.05) is 36.0 Å². The van der Waals surface area contributed by atoms with Crippen LogP contribution in [0.2, 0.25) is 0 Å². The number of aromatic nitrogens is 2. The van der Waals surface area contributed by atoms with Gasteiger partial charge in [-0.2, -0.15) is 0 Å². The Hall–Kier alpha value is -2.38. The van der Waals surface area contributed by atoms with Crippen LogP contribution in [0.25, 0.3) is 21.3 Å². The van der Waals surface area contributed by atoms with Crippen LogP contribution in [0.3, 0.4) is 0 Å². The highest BCUT2D eigenvalue weighted by Gasteiger charge is 2.27. The van der Waals surface area contributed by atoms with Crippen molar-refractivity contribution in [3.63, 3.8) is 0 Å². The monoisotopic (exact) mass is 409 g/mol. The molecule has 1 aliphatic rings. The standard InChI is InChI=1S/C21H19N3O2S2/c25-19(13-27-21-23-15-7-1-3-9-17(15)26-21)24-11-5-6-14(12-24)20-22-16-8-2-4-10-18(16)28-20/h1-4,7-10,14H,5-6,11-13H2. The van der Waals surface area contributed by atoms with Crippen molar-refractivity contribution in [2.24, 2.45) is 0 Å². The summed E-state index contributed by atoms with van der Waals surface area (Å²) in [4.78, 5) is 24.0. The molecule has 1 saturated heterocycles. The minimum absolute atomic E-state index is 0.137. The van der Waals surface area contributed by atoms with Crippen molar-refractivity contribution < 1.29 is 9.21 Å². The Morgan fingerprint density at radius 2 is 1.96 bits per heavy atom. The van der Waals surface area contributed by atoms with Gasteiger partial charge in [0.2, 0.25) is 5.91 Å². The number of nitrogens with zero attached hydrogens (tertiary/aromatic N) is 3. The number of thioether (sulfide) groups is 1. The molecule has 4 aromatic rings. The van der Waals surface area contributed by atoms with E-state index in [1.807, 2.05) is 41.3 Å². The molecule has 1 unspecified atom stereocenters. The third-order valence-electron chi connectivity index (χ3n) is 5.03. The maximum absolute atomic E-state index is 12.8. The maximum atomic E-state index is 12.8. The number of carbonyl (C=O) groups excluding carboxylic acids is 1. The van der Waals surface area contributed by atoms with E-state index in [1.165, 1.54) is 16.5 Å². The fourth-order valence-electron chi connectivity index (χ4n) is 3.60. The van der Waals surface area contributed by atoms with Gasteiger partial charge in [-0.25, -0.2) is 9.97 Å². The van der Waals surface area contributed by atoms with Crippen molar-refractivity contribution in [3.8, 4) is 0 Å². The molecule has 5 nitrogen and oxygen atoms in total. The predicted octanol–water partition coefficient (Wildman–Crippen LogP) is 4.94. The van der Waals surface area contributed by atoms with E-state index in [2.05, 4.69) is 17.1 Å². The van der Waals surface area contributed by atoms with Gasteiger partial charge in [-0.05, 0) is 37.1 Å². The first-order chi connectivity index (χ1) is 13.8. The van der Waals surface area contributed by atoms with Crippen LogP contribution < -0.4 is 0 Å². The summed E-state index contributed by atoms with van der Waals surface area (Å²) in [6.07, 6.45) is 2.10. The molecule has 7 heteroatoms. The molecule has 1 atom stereocenters. The van der Waals surface area contributed by atoms with E-state index in [9.17, 15) is 4.79 Å². The average Bonchev–Trinajstić information content (AvgIpc) is 3.35. The van der Waals surface area contributed by atoms with Gasteiger partial charge in [0.1, 0.15) is 5.52 Å². The number of para-hydroxylation sites is 3. The molecule has 28 heavy (non-hydrogen) atoms. The van der Waals surface area contributed by atoms with Crippen molar-refractivity contribution in [1.82, 2.24) is 14.9 Å². The SMILES string of the molecule is O=C(CSc1nc2ccccc2o1)N1CCCC(c2nc3ccccc3s2)C1. The summed E-state index contributed by atoms with van der Waals surface area (Å²) in [7, 11) is 0. The number of thiazole rings is 1. The quantitative estimate of drug-likeness (QED) is 0.447. The van der Waals surface area contributed by atoms with Crippen molar-refractivity contribution in [3.05, 3.63) is 53.5 Å². The molecule has 0 radical (unpaired) electrons. The fourth-order valence-corrected chi connectivity index (χ4v) is 5.43. The first-order valence-electron chi connectivity index (χ1n) is 9.38. The predicted molar refractivity (Wildman–Crippen MR) is 113 cm³/mol. The highest BCUT2D eigenvalue weighted by atomic mass is 32.2. The lowest BCUT2D eigenvalue weighted by atomic mass is 9.99. The van der Waals surface area contributed by atoms with Gasteiger partial charge in [0, 0.05) is 19.0 Å². The first kappa shape index (κ1) is 17.7. The summed E-state index contributed by atoms with van der Waals surface area (Å²) in [5.41, 5.74) is 2.63. The smallest absolute Gasteiger partial charge is 0.257 e. The number of hydrogen-bond donors (Lipinski definition) is 0. The zero-order valence-corrected chi connectivity index (χ0v) is 16.8. The molecule has 0 saturated carbocycles. The number of oxazole rings is 1. The lowest BCUT2D eigenvalue weighted by Crippen LogP contribution is -2.40. The van der Waals surface area contributed by atoms with E-state index < -0.39 is 0 Å². The highest BCUT2D eigenvalue weighted by molar-refractivity contribution is 7.99. The zero-order chi connectivity index (χ0) is 18.9. The zero-order valence-electron chi connectivity index (χ0n) is 15.2. The Bertz CT molecular complexity index is 1070. The summed E-state index contributed by atoms with van der Waals surface area (Å²) in [6, 6.07) is 15.9. The highest BCUT2D eigenvalue weighted by Crippen LogP contribution is 2.33. The van der Waals surface area contributed by atoms with Crippen molar-refractivity contribution in [2.75, 3.05) is 18.8 Å². The van der Waals surface area contributed by atoms with Crippen LogP contribution in [-0.2, 0) is 4.79 Å². The summed E-state index contributed by atoms with van der Waals surface area (Å²) in [6.45, 7) is 1.56. The summed E-state index contributed by atoms with van der Waals surface area (Å²) >= 11 is 3.12. The second kappa shape index (κ2) is 7.56. The number of carbonyl (C=O) groups is 1. The van der Waals surface area contributed by atoms with Crippen LogP contribution in [0.5, 0.6) is 0 Å². The minimum atomic E-state index is 0.137. The van der Waals surface area contributed by atoms with E-state index in [0.717, 1.165) is 47.6 Å². The van der Waals surface area contributed by atoms with Crippen LogP contribution >= 0.6 is 23.1 Å². The lowest BCUT2D eigenvalue weighted by Gasteiger charge is -2.31. The minimum Gasteiger partial charge on any atom is -0.431 e. The van der Waals surface area contributed by atoms with Crippen molar-refractivity contribution in [2.45, 2.75) is 24.0 Å². The Morgan fingerprint density at radius 1 is 1.14 bits per heavy atom. The van der Waals surface area contributed by atoms with Gasteiger partial charge in [0.05, 0.1) is 21.0 Å². The molecule has 5 rings (SSSR count). The van der Waals surface area contributed by atoms with Gasteiger partial charge < -0.3 is 9.32 Å². The summed E-state index contributed by atoms with van der Waals surface area (Å²) < 4.78 is 6.92. The van der Waals surface area contributed by atoms with E-state index in [4.69, 9.17) is 9.40 Å². The molecule has 3 heterocycles. The van der Waals surface area contributed by atoms with E-state index >= 15 is 0 Å². The second-order valence-corrected chi connectivity index (χ2v) is 8.92. The number of likely N-dealkylation sites (tertiary alicyclic amines) is 1. The average molecular weight is 410 g/mol. The molecule has 1 aliphatic heterocycles. The number of benzene rings is 2. The molecule has 0 aliphatic carbocycles. The number of hydrogen-bond acceptors (Lipinski definition) is 6. The number of amides is 1. The van der Waals surface area contributed by atoms with E-state index in [0.29, 0.717) is 16.9 Å². The molecule has 1 amide bonds. The topological polar surface area (TPSA) is 59.2 Å². The van der Waals surface area contributed by atoms with E-state index in [1.54, 1.807) is 11.3 Å². The Labute approximate surface area is 170 Å². The van der Waals surface area contributed by atoms with Crippen molar-refractivity contribution >= 4 is 50.3 Å². The van der Waals surface area contributed by atoms with Gasteiger partial charge in [-0.15, -0.1) is 11.3 Å². The van der Waals surface area contributed by atoms with E-state index in [-0.39, 0.29) is 5.91 Å². The van der Waals surface area contributed by atoms with Crippen LogP contribution in [-0.4, -0.2) is 39.6 Å². The molecule has 142 valence electrons. The molecule has 2 aromatic heterocycles. The summed E-state index contributed by atoms with van der Waals surface area (Å²) in [5, 5.41) is 1.69. The van der Waals surface area contributed by atoms with Gasteiger partial charge in [-0.3, -0.25) is 4.79 Å². The van der Waals surface area contributed by atoms with Crippen LogP contribution in [0, 0.1) is 0 Å². The second-order valence-electron chi connectivity index (χ2n) is 6.93. The molecular weight excluding hydrogens is 390 g/mol.